The lowest BCUT2D eigenvalue weighted by molar-refractivity contribution is -0.136. The van der Waals surface area contributed by atoms with Gasteiger partial charge in [-0.05, 0) is 12.8 Å². The minimum atomic E-state index is 0.204. The quantitative estimate of drug-likeness (QED) is 0.601. The van der Waals surface area contributed by atoms with Crippen molar-refractivity contribution in [3.8, 4) is 0 Å². The molecule has 0 unspecified atom stereocenters. The summed E-state index contributed by atoms with van der Waals surface area (Å²) in [6, 6.07) is 0. The number of carbonyl (C=O) groups is 1. The summed E-state index contributed by atoms with van der Waals surface area (Å²) in [4.78, 5) is 11.0. The van der Waals surface area contributed by atoms with Crippen molar-refractivity contribution >= 4 is 5.91 Å². The normalized spacial score (nSPS) is 19.7. The van der Waals surface area contributed by atoms with Crippen LogP contribution < -0.4 is 5.43 Å². The van der Waals surface area contributed by atoms with Crippen LogP contribution in [0.3, 0.4) is 0 Å². The molecule has 57 valence electrons. The van der Waals surface area contributed by atoms with Gasteiger partial charge in [0.05, 0.1) is 0 Å². The molecule has 0 bridgehead atoms. The Morgan fingerprint density at radius 1 is 1.70 bits per heavy atom. The number of nitrogens with one attached hydrogen (secondary N) is 1. The minimum Gasteiger partial charge on any atom is -0.278 e. The predicted octanol–water partition coefficient (Wildman–Crippen LogP) is 0.338. The van der Waals surface area contributed by atoms with Crippen molar-refractivity contribution in [2.75, 3.05) is 13.1 Å². The SMILES string of the molecule is [CH2]CCN1NCCCC1=O. The Morgan fingerprint density at radius 2 is 2.50 bits per heavy atom. The van der Waals surface area contributed by atoms with Crippen LogP contribution in [0.15, 0.2) is 0 Å². The lowest BCUT2D eigenvalue weighted by Gasteiger charge is -2.26. The highest BCUT2D eigenvalue weighted by atomic mass is 16.2. The van der Waals surface area contributed by atoms with Gasteiger partial charge in [-0.2, -0.15) is 0 Å². The van der Waals surface area contributed by atoms with Crippen LogP contribution >= 0.6 is 0 Å². The third-order valence-electron chi connectivity index (χ3n) is 1.55. The molecule has 1 fully saturated rings. The zero-order valence-corrected chi connectivity index (χ0v) is 6.10. The van der Waals surface area contributed by atoms with E-state index in [1.807, 2.05) is 0 Å². The van der Waals surface area contributed by atoms with Gasteiger partial charge >= 0.3 is 0 Å². The van der Waals surface area contributed by atoms with E-state index < -0.39 is 0 Å². The first-order valence-electron chi connectivity index (χ1n) is 3.67. The number of amides is 1. The van der Waals surface area contributed by atoms with Crippen molar-refractivity contribution in [1.29, 1.82) is 0 Å². The van der Waals surface area contributed by atoms with E-state index in [9.17, 15) is 4.79 Å². The van der Waals surface area contributed by atoms with Crippen LogP contribution in [0, 0.1) is 6.92 Å². The maximum Gasteiger partial charge on any atom is 0.236 e. The third kappa shape index (κ3) is 1.70. The monoisotopic (exact) mass is 141 g/mol. The van der Waals surface area contributed by atoms with Gasteiger partial charge in [-0.3, -0.25) is 9.80 Å². The summed E-state index contributed by atoms with van der Waals surface area (Å²) in [6.07, 6.45) is 2.43. The molecule has 1 N–H and O–H groups in total. The van der Waals surface area contributed by atoms with E-state index in [0.717, 1.165) is 25.9 Å². The molecule has 0 aromatic carbocycles. The highest BCUT2D eigenvalue weighted by molar-refractivity contribution is 5.76. The second-order valence-electron chi connectivity index (χ2n) is 2.41. The van der Waals surface area contributed by atoms with Crippen LogP contribution in [0.5, 0.6) is 0 Å². The van der Waals surface area contributed by atoms with Crippen molar-refractivity contribution in [2.24, 2.45) is 0 Å². The first-order chi connectivity index (χ1) is 4.84. The Bertz CT molecular complexity index is 123. The van der Waals surface area contributed by atoms with Crippen LogP contribution in [-0.2, 0) is 4.79 Å². The number of carbonyl (C=O) groups excluding carboxylic acids is 1. The molecule has 3 heteroatoms. The van der Waals surface area contributed by atoms with Gasteiger partial charge in [-0.15, -0.1) is 0 Å². The molecule has 0 aromatic rings. The number of hydrazine groups is 1. The van der Waals surface area contributed by atoms with E-state index in [0.29, 0.717) is 6.42 Å². The van der Waals surface area contributed by atoms with Crippen molar-refractivity contribution in [3.05, 3.63) is 6.92 Å². The van der Waals surface area contributed by atoms with Gasteiger partial charge < -0.3 is 0 Å². The van der Waals surface area contributed by atoms with Crippen LogP contribution in [0.2, 0.25) is 0 Å². The zero-order chi connectivity index (χ0) is 7.40. The molecule has 1 rings (SSSR count). The van der Waals surface area contributed by atoms with E-state index in [4.69, 9.17) is 0 Å². The Morgan fingerprint density at radius 3 is 3.10 bits per heavy atom. The summed E-state index contributed by atoms with van der Waals surface area (Å²) in [5.41, 5.74) is 3.01. The smallest absolute Gasteiger partial charge is 0.236 e. The molecule has 1 amide bonds. The van der Waals surface area contributed by atoms with Crippen molar-refractivity contribution in [1.82, 2.24) is 10.4 Å². The van der Waals surface area contributed by atoms with E-state index in [1.165, 1.54) is 0 Å². The molecule has 1 radical (unpaired) electrons. The first-order valence-corrected chi connectivity index (χ1v) is 3.67. The topological polar surface area (TPSA) is 32.3 Å². The summed E-state index contributed by atoms with van der Waals surface area (Å²) < 4.78 is 0. The predicted molar refractivity (Wildman–Crippen MR) is 38.9 cm³/mol. The van der Waals surface area contributed by atoms with Crippen LogP contribution in [-0.4, -0.2) is 24.0 Å². The maximum absolute atomic E-state index is 11.0. The van der Waals surface area contributed by atoms with Gasteiger partial charge in [0, 0.05) is 19.5 Å². The van der Waals surface area contributed by atoms with Gasteiger partial charge in [-0.1, -0.05) is 6.92 Å². The molecule has 10 heavy (non-hydrogen) atoms. The van der Waals surface area contributed by atoms with Gasteiger partial charge in [0.15, 0.2) is 0 Å². The molecule has 1 aliphatic rings. The molecule has 1 aliphatic heterocycles. The minimum absolute atomic E-state index is 0.204. The third-order valence-corrected chi connectivity index (χ3v) is 1.55. The van der Waals surface area contributed by atoms with Gasteiger partial charge in [0.25, 0.3) is 0 Å². The molecular weight excluding hydrogens is 128 g/mol. The van der Waals surface area contributed by atoms with Crippen LogP contribution in [0.1, 0.15) is 19.3 Å². The Kier molecular flexibility index (Phi) is 2.68. The Labute approximate surface area is 61.4 Å². The fraction of sp³-hybridized carbons (Fsp3) is 0.714. The van der Waals surface area contributed by atoms with Crippen molar-refractivity contribution in [3.63, 3.8) is 0 Å². The second-order valence-corrected chi connectivity index (χ2v) is 2.41. The van der Waals surface area contributed by atoms with E-state index >= 15 is 0 Å². The molecule has 3 nitrogen and oxygen atoms in total. The lowest BCUT2D eigenvalue weighted by Crippen LogP contribution is -2.47. The highest BCUT2D eigenvalue weighted by Crippen LogP contribution is 2.01. The average Bonchev–Trinajstić information content (AvgIpc) is 1.94. The molecule has 0 atom stereocenters. The largest absolute Gasteiger partial charge is 0.278 e. The van der Waals surface area contributed by atoms with Gasteiger partial charge in [-0.25, -0.2) is 5.43 Å². The molecule has 1 heterocycles. The van der Waals surface area contributed by atoms with Crippen molar-refractivity contribution < 1.29 is 4.79 Å². The van der Waals surface area contributed by atoms with Gasteiger partial charge in [0.1, 0.15) is 0 Å². The van der Waals surface area contributed by atoms with E-state index in [-0.39, 0.29) is 5.91 Å². The number of rotatable bonds is 2. The summed E-state index contributed by atoms with van der Waals surface area (Å²) in [5, 5.41) is 1.66. The van der Waals surface area contributed by atoms with Crippen LogP contribution in [0.25, 0.3) is 0 Å². The fourth-order valence-corrected chi connectivity index (χ4v) is 1.04. The lowest BCUT2D eigenvalue weighted by atomic mass is 10.2. The number of hydrogen-bond donors (Lipinski definition) is 1. The van der Waals surface area contributed by atoms with Crippen LogP contribution in [0.4, 0.5) is 0 Å². The molecule has 0 spiro atoms. The average molecular weight is 141 g/mol. The maximum atomic E-state index is 11.0. The summed E-state index contributed by atoms with van der Waals surface area (Å²) in [5.74, 6) is 0.204. The van der Waals surface area contributed by atoms with E-state index in [1.54, 1.807) is 5.01 Å². The van der Waals surface area contributed by atoms with Crippen molar-refractivity contribution in [2.45, 2.75) is 19.3 Å². The molecule has 0 aromatic heterocycles. The zero-order valence-electron chi connectivity index (χ0n) is 6.10. The summed E-state index contributed by atoms with van der Waals surface area (Å²) >= 11 is 0. The fourth-order valence-electron chi connectivity index (χ4n) is 1.04. The second kappa shape index (κ2) is 3.56. The number of hydrogen-bond acceptors (Lipinski definition) is 2. The Balaban J connectivity index is 2.32. The standard InChI is InChI=1S/C7H13N2O/c1-2-6-9-7(10)4-3-5-8-9/h8H,1-6H2. The molecular formula is C7H13N2O. The molecule has 1 saturated heterocycles. The summed E-state index contributed by atoms with van der Waals surface area (Å²) in [6.45, 7) is 5.34. The number of nitrogens with zero attached hydrogens (tertiary/aromatic N) is 1. The Hall–Kier alpha value is -0.570. The molecule has 0 saturated carbocycles. The first kappa shape index (κ1) is 7.54. The van der Waals surface area contributed by atoms with E-state index in [2.05, 4.69) is 12.3 Å². The molecule has 0 aliphatic carbocycles. The highest BCUT2D eigenvalue weighted by Gasteiger charge is 2.15. The summed E-state index contributed by atoms with van der Waals surface area (Å²) in [7, 11) is 0. The van der Waals surface area contributed by atoms with Gasteiger partial charge in [0.2, 0.25) is 5.91 Å².